The maximum absolute atomic E-state index is 14.5. The van der Waals surface area contributed by atoms with Crippen LogP contribution in [0.1, 0.15) is 69.0 Å². The molecule has 1 heterocycles. The molecule has 3 unspecified atom stereocenters. The number of anilines is 2. The summed E-state index contributed by atoms with van der Waals surface area (Å²) >= 11 is 0. The van der Waals surface area contributed by atoms with Crippen LogP contribution in [0, 0.1) is 5.92 Å². The summed E-state index contributed by atoms with van der Waals surface area (Å²) in [7, 11) is 0. The fourth-order valence-electron chi connectivity index (χ4n) is 5.25. The van der Waals surface area contributed by atoms with Crippen molar-refractivity contribution < 1.29 is 23.0 Å². The molecule has 0 radical (unpaired) electrons. The van der Waals surface area contributed by atoms with E-state index in [4.69, 9.17) is 9.47 Å². The fourth-order valence-corrected chi connectivity index (χ4v) is 5.25. The lowest BCUT2D eigenvalue weighted by molar-refractivity contribution is 0.103. The molecule has 182 valence electrons. The van der Waals surface area contributed by atoms with Crippen molar-refractivity contribution in [3.63, 3.8) is 0 Å². The summed E-state index contributed by atoms with van der Waals surface area (Å²) in [4.78, 5) is 14.4. The second kappa shape index (κ2) is 9.43. The van der Waals surface area contributed by atoms with E-state index in [9.17, 15) is 13.6 Å². The Balaban J connectivity index is 1.40. The van der Waals surface area contributed by atoms with Gasteiger partial charge in [-0.1, -0.05) is 18.2 Å². The smallest absolute Gasteiger partial charge is 0.411 e. The van der Waals surface area contributed by atoms with E-state index in [-0.39, 0.29) is 12.1 Å². The van der Waals surface area contributed by atoms with Gasteiger partial charge in [0, 0.05) is 23.5 Å². The number of hydrogen-bond acceptors (Lipinski definition) is 4. The quantitative estimate of drug-likeness (QED) is 0.456. The zero-order chi connectivity index (χ0) is 23.8. The molecule has 5 nitrogen and oxygen atoms in total. The van der Waals surface area contributed by atoms with Crippen LogP contribution >= 0.6 is 0 Å². The summed E-state index contributed by atoms with van der Waals surface area (Å²) in [6.07, 6.45) is 2.22. The Bertz CT molecular complexity index is 1020. The molecule has 2 fully saturated rings. The number of hydrogen-bond donors (Lipinski definition) is 1. The third-order valence-corrected chi connectivity index (χ3v) is 7.41. The molecular formula is C27H32F2N2O3. The van der Waals surface area contributed by atoms with E-state index in [0.717, 1.165) is 43.4 Å². The lowest BCUT2D eigenvalue weighted by Crippen LogP contribution is -2.42. The minimum Gasteiger partial charge on any atom is -0.494 e. The Morgan fingerprint density at radius 2 is 1.85 bits per heavy atom. The number of ether oxygens (including phenoxy) is 2. The van der Waals surface area contributed by atoms with Gasteiger partial charge in [0.05, 0.1) is 18.6 Å². The lowest BCUT2D eigenvalue weighted by atomic mass is 9.87. The number of nitrogens with zero attached hydrogens (tertiary/aromatic N) is 1. The van der Waals surface area contributed by atoms with E-state index < -0.39 is 24.5 Å². The van der Waals surface area contributed by atoms with Crippen molar-refractivity contribution >= 4 is 17.5 Å². The monoisotopic (exact) mass is 470 g/mol. The highest BCUT2D eigenvalue weighted by Gasteiger charge is 2.47. The first kappa shape index (κ1) is 22.9. The fraction of sp³-hybridized carbons (Fsp3) is 0.519. The Morgan fingerprint density at radius 3 is 2.44 bits per heavy atom. The molecule has 2 saturated carbocycles. The molecular weight excluding hydrogens is 438 g/mol. The first-order chi connectivity index (χ1) is 16.5. The molecule has 0 spiro atoms. The molecule has 3 aliphatic rings. The number of amides is 1. The normalized spacial score (nSPS) is 22.8. The van der Waals surface area contributed by atoms with Crippen LogP contribution in [0.2, 0.25) is 0 Å². The minimum absolute atomic E-state index is 0.0966. The van der Waals surface area contributed by atoms with Gasteiger partial charge in [-0.15, -0.1) is 0 Å². The van der Waals surface area contributed by atoms with Crippen molar-refractivity contribution in [1.82, 2.24) is 0 Å². The Morgan fingerprint density at radius 1 is 1.12 bits per heavy atom. The van der Waals surface area contributed by atoms with Gasteiger partial charge in [-0.25, -0.2) is 13.6 Å². The number of halogens is 2. The maximum Gasteiger partial charge on any atom is 0.411 e. The summed E-state index contributed by atoms with van der Waals surface area (Å²) in [6, 6.07) is 12.5. The molecule has 1 aliphatic heterocycles. The van der Waals surface area contributed by atoms with Gasteiger partial charge < -0.3 is 14.4 Å². The van der Waals surface area contributed by atoms with Crippen molar-refractivity contribution in [3.8, 4) is 5.75 Å². The number of carbonyl (C=O) groups is 1. The van der Waals surface area contributed by atoms with Crippen LogP contribution < -0.4 is 15.0 Å². The third kappa shape index (κ3) is 4.44. The molecule has 2 aromatic rings. The average Bonchev–Trinajstić information content (AvgIpc) is 3.57. The highest BCUT2D eigenvalue weighted by molar-refractivity contribution is 5.84. The number of alkyl halides is 2. The zero-order valence-corrected chi connectivity index (χ0v) is 19.7. The summed E-state index contributed by atoms with van der Waals surface area (Å²) < 4.78 is 40.1. The molecule has 7 heteroatoms. The highest BCUT2D eigenvalue weighted by Crippen LogP contribution is 2.55. The topological polar surface area (TPSA) is 50.8 Å². The van der Waals surface area contributed by atoms with Crippen LogP contribution in [0.3, 0.4) is 0 Å². The molecule has 2 aromatic carbocycles. The van der Waals surface area contributed by atoms with E-state index in [1.165, 1.54) is 0 Å². The van der Waals surface area contributed by atoms with E-state index in [1.807, 2.05) is 32.0 Å². The van der Waals surface area contributed by atoms with E-state index in [1.54, 1.807) is 24.3 Å². The van der Waals surface area contributed by atoms with E-state index in [0.29, 0.717) is 29.5 Å². The molecule has 34 heavy (non-hydrogen) atoms. The van der Waals surface area contributed by atoms with E-state index >= 15 is 0 Å². The van der Waals surface area contributed by atoms with Crippen molar-refractivity contribution in [2.45, 2.75) is 76.5 Å². The Kier molecular flexibility index (Phi) is 6.36. The van der Waals surface area contributed by atoms with Crippen molar-refractivity contribution in [1.29, 1.82) is 0 Å². The van der Waals surface area contributed by atoms with Gasteiger partial charge in [-0.05, 0) is 81.2 Å². The van der Waals surface area contributed by atoms with Crippen LogP contribution in [0.4, 0.5) is 25.0 Å². The first-order valence-corrected chi connectivity index (χ1v) is 12.4. The van der Waals surface area contributed by atoms with Crippen molar-refractivity contribution in [2.24, 2.45) is 5.92 Å². The average molecular weight is 471 g/mol. The molecule has 1 amide bonds. The first-order valence-electron chi connectivity index (χ1n) is 12.4. The number of nitrogens with one attached hydrogen (secondary N) is 1. The van der Waals surface area contributed by atoms with Crippen molar-refractivity contribution in [2.75, 3.05) is 16.8 Å². The minimum atomic E-state index is -2.50. The Labute approximate surface area is 199 Å². The molecule has 2 aliphatic carbocycles. The third-order valence-electron chi connectivity index (χ3n) is 7.41. The lowest BCUT2D eigenvalue weighted by Gasteiger charge is -2.42. The molecule has 5 rings (SSSR count). The van der Waals surface area contributed by atoms with Gasteiger partial charge in [0.2, 0.25) is 6.43 Å². The van der Waals surface area contributed by atoms with Crippen LogP contribution in [-0.4, -0.2) is 31.3 Å². The van der Waals surface area contributed by atoms with Gasteiger partial charge in [0.25, 0.3) is 0 Å². The van der Waals surface area contributed by atoms with Gasteiger partial charge >= 0.3 is 6.09 Å². The Hall–Kier alpha value is -2.83. The zero-order valence-electron chi connectivity index (χ0n) is 19.7. The number of rotatable bonds is 8. The van der Waals surface area contributed by atoms with Crippen molar-refractivity contribution in [3.05, 3.63) is 53.6 Å². The SMILES string of the molecule is CCOc1ccc2c(c1)N(C1CCC1)C(c1ccc(NC(=O)OC(C)C3CC3)cc1)C2C(F)F. The van der Waals surface area contributed by atoms with Crippen LogP contribution in [0.25, 0.3) is 0 Å². The highest BCUT2D eigenvalue weighted by atomic mass is 19.3. The molecule has 0 aromatic heterocycles. The van der Waals surface area contributed by atoms with Gasteiger partial charge in [0.1, 0.15) is 11.9 Å². The second-order valence-corrected chi connectivity index (χ2v) is 9.65. The molecule has 0 bridgehead atoms. The molecule has 1 N–H and O–H groups in total. The molecule has 0 saturated heterocycles. The second-order valence-electron chi connectivity index (χ2n) is 9.65. The number of carbonyl (C=O) groups excluding carboxylic acids is 1. The summed E-state index contributed by atoms with van der Waals surface area (Å²) in [6.45, 7) is 4.36. The van der Waals surface area contributed by atoms with Crippen LogP contribution in [0.15, 0.2) is 42.5 Å². The van der Waals surface area contributed by atoms with Crippen LogP contribution in [-0.2, 0) is 4.74 Å². The summed E-state index contributed by atoms with van der Waals surface area (Å²) in [5.41, 5.74) is 2.94. The summed E-state index contributed by atoms with van der Waals surface area (Å²) in [5.74, 6) is 0.247. The molecule has 3 atom stereocenters. The maximum atomic E-state index is 14.5. The standard InChI is InChI=1S/C27H32F2N2O3/c1-3-33-21-13-14-22-23(15-21)31(20-5-4-6-20)25(24(22)26(28)29)18-9-11-19(12-10-18)30-27(32)34-16(2)17-7-8-17/h9-17,20,24-26H,3-8H2,1-2H3,(H,30,32). The largest absolute Gasteiger partial charge is 0.494 e. The van der Waals surface area contributed by atoms with Gasteiger partial charge in [0.15, 0.2) is 0 Å². The predicted octanol–water partition coefficient (Wildman–Crippen LogP) is 6.89. The van der Waals surface area contributed by atoms with Gasteiger partial charge in [-0.3, -0.25) is 5.32 Å². The number of benzene rings is 2. The summed E-state index contributed by atoms with van der Waals surface area (Å²) in [5, 5.41) is 2.76. The van der Waals surface area contributed by atoms with Gasteiger partial charge in [-0.2, -0.15) is 0 Å². The van der Waals surface area contributed by atoms with E-state index in [2.05, 4.69) is 10.2 Å². The van der Waals surface area contributed by atoms with Crippen LogP contribution in [0.5, 0.6) is 5.75 Å². The predicted molar refractivity (Wildman–Crippen MR) is 128 cm³/mol. The number of fused-ring (bicyclic) bond motifs is 1.